The molecule has 4 nitrogen and oxygen atoms in total. The van der Waals surface area contributed by atoms with Gasteiger partial charge in [-0.3, -0.25) is 5.01 Å². The Morgan fingerprint density at radius 1 is 1.28 bits per heavy atom. The summed E-state index contributed by atoms with van der Waals surface area (Å²) in [5, 5.41) is 9.15. The van der Waals surface area contributed by atoms with Gasteiger partial charge in [0.25, 0.3) is 0 Å². The molecule has 0 saturated heterocycles. The highest BCUT2D eigenvalue weighted by atomic mass is 16.5. The fourth-order valence-electron chi connectivity index (χ4n) is 1.18. The van der Waals surface area contributed by atoms with E-state index < -0.39 is 0 Å². The summed E-state index contributed by atoms with van der Waals surface area (Å²) in [7, 11) is 1.62. The Morgan fingerprint density at radius 3 is 2.39 bits per heavy atom. The maximum atomic E-state index is 5.55. The zero-order valence-corrected chi connectivity index (χ0v) is 11.8. The van der Waals surface area contributed by atoms with Gasteiger partial charge >= 0.3 is 0 Å². The lowest BCUT2D eigenvalue weighted by atomic mass is 10.2. The minimum absolute atomic E-state index is 0.550. The number of hydrogen-bond acceptors (Lipinski definition) is 3. The van der Waals surface area contributed by atoms with Gasteiger partial charge in [0.2, 0.25) is 0 Å². The van der Waals surface area contributed by atoms with Crippen LogP contribution in [0.2, 0.25) is 0 Å². The van der Waals surface area contributed by atoms with Crippen molar-refractivity contribution in [3.63, 3.8) is 0 Å². The second-order valence-electron chi connectivity index (χ2n) is 3.30. The predicted octanol–water partition coefficient (Wildman–Crippen LogP) is 3.84. The summed E-state index contributed by atoms with van der Waals surface area (Å²) in [5.41, 5.74) is 1.22. The van der Waals surface area contributed by atoms with E-state index in [1.807, 2.05) is 45.0 Å². The van der Waals surface area contributed by atoms with E-state index in [0.717, 1.165) is 5.75 Å². The number of aryl methyl sites for hydroxylation is 1. The largest absolute Gasteiger partial charge is 0.492 e. The second-order valence-corrected chi connectivity index (χ2v) is 3.30. The van der Waals surface area contributed by atoms with E-state index in [1.54, 1.807) is 18.3 Å². The summed E-state index contributed by atoms with van der Waals surface area (Å²) < 4.78 is 5.55. The Labute approximate surface area is 110 Å². The van der Waals surface area contributed by atoms with E-state index in [1.165, 1.54) is 5.56 Å². The molecule has 1 aromatic rings. The molecule has 1 rings (SSSR count). The Balaban J connectivity index is 0.00000137. The highest BCUT2D eigenvalue weighted by Crippen LogP contribution is 2.11. The number of hydrogen-bond donors (Lipinski definition) is 0. The molecule has 0 aliphatic carbocycles. The van der Waals surface area contributed by atoms with Gasteiger partial charge in [0.1, 0.15) is 12.4 Å². The van der Waals surface area contributed by atoms with Crippen LogP contribution in [-0.4, -0.2) is 25.2 Å². The van der Waals surface area contributed by atoms with Crippen molar-refractivity contribution in [2.45, 2.75) is 20.8 Å². The Bertz CT molecular complexity index is 347. The summed E-state index contributed by atoms with van der Waals surface area (Å²) in [5.74, 6) is 0.864. The van der Waals surface area contributed by atoms with Crippen LogP contribution >= 0.6 is 0 Å². The summed E-state index contributed by atoms with van der Waals surface area (Å²) in [6.07, 6.45) is 1.62. The molecule has 1 aromatic carbocycles. The van der Waals surface area contributed by atoms with Crippen molar-refractivity contribution in [1.29, 1.82) is 0 Å². The first-order valence-corrected chi connectivity index (χ1v) is 6.14. The van der Waals surface area contributed by atoms with Gasteiger partial charge in [-0.1, -0.05) is 43.3 Å². The SMILES string of the molecule is C=CN(CCOc1ccc(C)cc1)N=NC.CC. The van der Waals surface area contributed by atoms with Gasteiger partial charge in [-0.15, -0.1) is 0 Å². The van der Waals surface area contributed by atoms with E-state index in [-0.39, 0.29) is 0 Å². The molecular formula is C14H23N3O. The third kappa shape index (κ3) is 6.68. The predicted molar refractivity (Wildman–Crippen MR) is 75.7 cm³/mol. The first-order valence-electron chi connectivity index (χ1n) is 6.14. The molecular weight excluding hydrogens is 226 g/mol. The monoisotopic (exact) mass is 249 g/mol. The van der Waals surface area contributed by atoms with Crippen LogP contribution in [0, 0.1) is 6.92 Å². The van der Waals surface area contributed by atoms with Gasteiger partial charge in [-0.2, -0.15) is 5.11 Å². The van der Waals surface area contributed by atoms with Gasteiger partial charge in [-0.05, 0) is 19.1 Å². The van der Waals surface area contributed by atoms with Crippen molar-refractivity contribution in [1.82, 2.24) is 5.01 Å². The standard InChI is InChI=1S/C12H17N3O.C2H6/c1-4-15(14-13-3)9-10-16-12-7-5-11(2)6-8-12;1-2/h4-8H,1,9-10H2,2-3H3;1-2H3. The lowest BCUT2D eigenvalue weighted by Gasteiger charge is -2.12. The van der Waals surface area contributed by atoms with Gasteiger partial charge in [0, 0.05) is 6.20 Å². The minimum Gasteiger partial charge on any atom is -0.492 e. The van der Waals surface area contributed by atoms with Crippen LogP contribution in [0.15, 0.2) is 47.4 Å². The summed E-state index contributed by atoms with van der Waals surface area (Å²) >= 11 is 0. The number of ether oxygens (including phenoxy) is 1. The van der Waals surface area contributed by atoms with Crippen LogP contribution < -0.4 is 4.74 Å². The lowest BCUT2D eigenvalue weighted by Crippen LogP contribution is -2.17. The van der Waals surface area contributed by atoms with Crippen LogP contribution in [0.3, 0.4) is 0 Å². The van der Waals surface area contributed by atoms with E-state index in [4.69, 9.17) is 4.74 Å². The fourth-order valence-corrected chi connectivity index (χ4v) is 1.18. The van der Waals surface area contributed by atoms with Crippen LogP contribution in [0.1, 0.15) is 19.4 Å². The number of benzene rings is 1. The van der Waals surface area contributed by atoms with Gasteiger partial charge in [-0.25, -0.2) is 0 Å². The molecule has 0 aliphatic heterocycles. The summed E-state index contributed by atoms with van der Waals surface area (Å²) in [4.78, 5) is 0. The molecule has 0 aliphatic rings. The van der Waals surface area contributed by atoms with Crippen molar-refractivity contribution in [3.05, 3.63) is 42.6 Å². The van der Waals surface area contributed by atoms with Crippen molar-refractivity contribution in [2.24, 2.45) is 10.3 Å². The average molecular weight is 249 g/mol. The third-order valence-electron chi connectivity index (χ3n) is 2.03. The van der Waals surface area contributed by atoms with Crippen LogP contribution in [0.4, 0.5) is 0 Å². The van der Waals surface area contributed by atoms with E-state index in [2.05, 4.69) is 16.9 Å². The van der Waals surface area contributed by atoms with Crippen LogP contribution in [-0.2, 0) is 0 Å². The minimum atomic E-state index is 0.550. The molecule has 0 aromatic heterocycles. The molecule has 0 atom stereocenters. The Morgan fingerprint density at radius 2 is 1.89 bits per heavy atom. The molecule has 0 spiro atoms. The zero-order chi connectivity index (χ0) is 13.8. The van der Waals surface area contributed by atoms with Gasteiger partial charge in [0.05, 0.1) is 13.6 Å². The molecule has 0 fully saturated rings. The van der Waals surface area contributed by atoms with Gasteiger partial charge < -0.3 is 4.74 Å². The fraction of sp³-hybridized carbons (Fsp3) is 0.429. The smallest absolute Gasteiger partial charge is 0.119 e. The van der Waals surface area contributed by atoms with Crippen molar-refractivity contribution < 1.29 is 4.74 Å². The molecule has 0 amide bonds. The van der Waals surface area contributed by atoms with Crippen LogP contribution in [0.25, 0.3) is 0 Å². The van der Waals surface area contributed by atoms with Gasteiger partial charge in [0.15, 0.2) is 0 Å². The zero-order valence-electron chi connectivity index (χ0n) is 11.8. The Kier molecular flexibility index (Phi) is 9.27. The molecule has 0 N–H and O–H groups in total. The molecule has 100 valence electrons. The first-order chi connectivity index (χ1) is 8.76. The van der Waals surface area contributed by atoms with Crippen LogP contribution in [0.5, 0.6) is 5.75 Å². The molecule has 0 bridgehead atoms. The second kappa shape index (κ2) is 10.3. The highest BCUT2D eigenvalue weighted by Gasteiger charge is 1.97. The maximum absolute atomic E-state index is 5.55. The maximum Gasteiger partial charge on any atom is 0.119 e. The molecule has 18 heavy (non-hydrogen) atoms. The quantitative estimate of drug-likeness (QED) is 0.567. The summed E-state index contributed by atoms with van der Waals surface area (Å²) in [6, 6.07) is 7.95. The normalized spacial score (nSPS) is 9.56. The molecule has 0 heterocycles. The Hall–Kier alpha value is -1.84. The number of nitrogens with zero attached hydrogens (tertiary/aromatic N) is 3. The van der Waals surface area contributed by atoms with Crippen molar-refractivity contribution in [3.8, 4) is 5.75 Å². The average Bonchev–Trinajstić information content (AvgIpc) is 2.42. The first kappa shape index (κ1) is 16.2. The molecule has 4 heteroatoms. The number of rotatable bonds is 6. The topological polar surface area (TPSA) is 37.2 Å². The van der Waals surface area contributed by atoms with E-state index in [0.29, 0.717) is 13.2 Å². The molecule has 0 radical (unpaired) electrons. The highest BCUT2D eigenvalue weighted by molar-refractivity contribution is 5.26. The van der Waals surface area contributed by atoms with E-state index in [9.17, 15) is 0 Å². The molecule has 0 saturated carbocycles. The molecule has 0 unspecified atom stereocenters. The third-order valence-corrected chi connectivity index (χ3v) is 2.03. The lowest BCUT2D eigenvalue weighted by molar-refractivity contribution is 0.251. The van der Waals surface area contributed by atoms with Crippen molar-refractivity contribution >= 4 is 0 Å². The summed E-state index contributed by atoms with van der Waals surface area (Å²) in [6.45, 7) is 10.9. The van der Waals surface area contributed by atoms with E-state index >= 15 is 0 Å². The van der Waals surface area contributed by atoms with Crippen molar-refractivity contribution in [2.75, 3.05) is 20.2 Å².